The van der Waals surface area contributed by atoms with Crippen LogP contribution >= 0.6 is 0 Å². The van der Waals surface area contributed by atoms with Gasteiger partial charge in [-0.05, 0) is 79.9 Å². The van der Waals surface area contributed by atoms with Crippen LogP contribution in [0.3, 0.4) is 0 Å². The van der Waals surface area contributed by atoms with E-state index < -0.39 is 34.3 Å². The first-order chi connectivity index (χ1) is 18.6. The molecule has 0 unspecified atom stereocenters. The molecule has 3 aromatic rings. The Kier molecular flexibility index (Phi) is 10.1. The van der Waals surface area contributed by atoms with Crippen molar-refractivity contribution in [3.05, 3.63) is 89.7 Å². The Bertz CT molecular complexity index is 1380. The maximum atomic E-state index is 13.9. The van der Waals surface area contributed by atoms with Gasteiger partial charge in [0, 0.05) is 13.1 Å². The summed E-state index contributed by atoms with van der Waals surface area (Å²) in [4.78, 5) is 28.1. The maximum absolute atomic E-state index is 13.9. The van der Waals surface area contributed by atoms with Crippen molar-refractivity contribution in [2.75, 3.05) is 24.5 Å². The molecule has 0 aliphatic rings. The zero-order valence-corrected chi connectivity index (χ0v) is 23.4. The van der Waals surface area contributed by atoms with Crippen molar-refractivity contribution in [3.8, 4) is 5.75 Å². The zero-order valence-electron chi connectivity index (χ0n) is 22.6. The van der Waals surface area contributed by atoms with Gasteiger partial charge in [-0.1, -0.05) is 31.2 Å². The van der Waals surface area contributed by atoms with Crippen molar-refractivity contribution in [2.24, 2.45) is 0 Å². The highest BCUT2D eigenvalue weighted by atomic mass is 32.2. The van der Waals surface area contributed by atoms with Crippen molar-refractivity contribution in [1.29, 1.82) is 0 Å². The molecule has 2 amide bonds. The van der Waals surface area contributed by atoms with E-state index in [0.29, 0.717) is 12.3 Å². The molecule has 3 aromatic carbocycles. The number of carbonyl (C=O) groups excluding carboxylic acids is 2. The second kappa shape index (κ2) is 13.2. The minimum absolute atomic E-state index is 0.0698. The first-order valence-corrected chi connectivity index (χ1v) is 14.1. The summed E-state index contributed by atoms with van der Waals surface area (Å²) < 4.78 is 47.3. The molecule has 0 radical (unpaired) electrons. The lowest BCUT2D eigenvalue weighted by atomic mass is 10.1. The van der Waals surface area contributed by atoms with Gasteiger partial charge < -0.3 is 15.0 Å². The highest BCUT2D eigenvalue weighted by Crippen LogP contribution is 2.26. The Morgan fingerprint density at radius 3 is 2.23 bits per heavy atom. The number of anilines is 1. The summed E-state index contributed by atoms with van der Waals surface area (Å²) in [6.45, 7) is 5.39. The molecular weight excluding hydrogens is 521 g/mol. The average Bonchev–Trinajstić information content (AvgIpc) is 2.94. The Hall–Kier alpha value is -3.92. The third-order valence-electron chi connectivity index (χ3n) is 6.36. The first kappa shape index (κ1) is 29.6. The molecule has 0 saturated heterocycles. The summed E-state index contributed by atoms with van der Waals surface area (Å²) in [5, 5.41) is 2.81. The van der Waals surface area contributed by atoms with Crippen LogP contribution in [0.5, 0.6) is 5.75 Å². The molecule has 1 N–H and O–H groups in total. The number of halogens is 1. The van der Waals surface area contributed by atoms with Gasteiger partial charge in [0.15, 0.2) is 0 Å². The van der Waals surface area contributed by atoms with Crippen molar-refractivity contribution < 1.29 is 27.1 Å². The minimum atomic E-state index is -4.25. The number of hydrogen-bond acceptors (Lipinski definition) is 5. The Morgan fingerprint density at radius 1 is 1.00 bits per heavy atom. The molecule has 10 heteroatoms. The molecule has 0 aliphatic heterocycles. The van der Waals surface area contributed by atoms with Crippen molar-refractivity contribution >= 4 is 27.5 Å². The lowest BCUT2D eigenvalue weighted by molar-refractivity contribution is -0.139. The number of carbonyl (C=O) groups is 2. The van der Waals surface area contributed by atoms with Crippen LogP contribution in [0, 0.1) is 12.7 Å². The number of sulfonamides is 1. The van der Waals surface area contributed by atoms with Crippen LogP contribution in [0.25, 0.3) is 0 Å². The van der Waals surface area contributed by atoms with Crippen LogP contribution in [0.4, 0.5) is 10.1 Å². The van der Waals surface area contributed by atoms with Crippen LogP contribution in [0.15, 0.2) is 77.7 Å². The van der Waals surface area contributed by atoms with E-state index in [2.05, 4.69) is 5.32 Å². The number of benzene rings is 3. The van der Waals surface area contributed by atoms with Gasteiger partial charge in [-0.3, -0.25) is 13.9 Å². The number of aryl methyl sites for hydroxylation is 1. The molecule has 0 heterocycles. The normalized spacial score (nSPS) is 11.9. The molecule has 3 rings (SSSR count). The Balaban J connectivity index is 2.02. The maximum Gasteiger partial charge on any atom is 0.264 e. The molecule has 0 saturated carbocycles. The molecule has 0 spiro atoms. The van der Waals surface area contributed by atoms with Crippen molar-refractivity contribution in [1.82, 2.24) is 10.2 Å². The smallest absolute Gasteiger partial charge is 0.264 e. The van der Waals surface area contributed by atoms with Crippen LogP contribution < -0.4 is 14.4 Å². The number of amides is 2. The highest BCUT2D eigenvalue weighted by Gasteiger charge is 2.32. The van der Waals surface area contributed by atoms with Crippen molar-refractivity contribution in [3.63, 3.8) is 0 Å². The van der Waals surface area contributed by atoms with Gasteiger partial charge in [-0.25, -0.2) is 12.8 Å². The van der Waals surface area contributed by atoms with E-state index in [0.717, 1.165) is 34.0 Å². The quantitative estimate of drug-likeness (QED) is 0.360. The molecule has 1 atom stereocenters. The van der Waals surface area contributed by atoms with Crippen LogP contribution in [0.2, 0.25) is 0 Å². The fourth-order valence-corrected chi connectivity index (χ4v) is 5.37. The number of nitrogens with one attached hydrogen (secondary N) is 1. The van der Waals surface area contributed by atoms with E-state index in [1.165, 1.54) is 48.4 Å². The van der Waals surface area contributed by atoms with Gasteiger partial charge in [-0.15, -0.1) is 0 Å². The van der Waals surface area contributed by atoms with Crippen LogP contribution in [0.1, 0.15) is 31.4 Å². The molecule has 39 heavy (non-hydrogen) atoms. The van der Waals surface area contributed by atoms with Gasteiger partial charge >= 0.3 is 0 Å². The Labute approximate surface area is 229 Å². The molecule has 0 bridgehead atoms. The zero-order chi connectivity index (χ0) is 28.6. The minimum Gasteiger partial charge on any atom is -0.497 e. The standard InChI is InChI=1S/C29H34FN3O5S/c1-5-18-31-29(35)22(3)32(19-23-9-7-6-8-21(23)2)28(34)20-33(25-12-10-24(30)11-13-25)39(36,37)27-16-14-26(38-4)15-17-27/h6-17,22H,5,18-20H2,1-4H3,(H,31,35)/t22-/m0/s1. The van der Waals surface area contributed by atoms with Gasteiger partial charge in [0.1, 0.15) is 24.2 Å². The van der Waals surface area contributed by atoms with E-state index in [1.807, 2.05) is 38.1 Å². The summed E-state index contributed by atoms with van der Waals surface area (Å²) in [6.07, 6.45) is 0.725. The lowest BCUT2D eigenvalue weighted by Gasteiger charge is -2.32. The largest absolute Gasteiger partial charge is 0.497 e. The van der Waals surface area contributed by atoms with Gasteiger partial charge in [-0.2, -0.15) is 0 Å². The third-order valence-corrected chi connectivity index (χ3v) is 8.15. The number of hydrogen-bond donors (Lipinski definition) is 1. The summed E-state index contributed by atoms with van der Waals surface area (Å²) in [7, 11) is -2.79. The number of nitrogens with zero attached hydrogens (tertiary/aromatic N) is 2. The van der Waals surface area contributed by atoms with Gasteiger partial charge in [0.2, 0.25) is 11.8 Å². The van der Waals surface area contributed by atoms with Crippen LogP contribution in [-0.2, 0) is 26.2 Å². The molecule has 0 aliphatic carbocycles. The second-order valence-corrected chi connectivity index (χ2v) is 10.9. The third kappa shape index (κ3) is 7.35. The lowest BCUT2D eigenvalue weighted by Crippen LogP contribution is -2.51. The SMILES string of the molecule is CCCNC(=O)[C@H](C)N(Cc1ccccc1C)C(=O)CN(c1ccc(F)cc1)S(=O)(=O)c1ccc(OC)cc1. The summed E-state index contributed by atoms with van der Waals surface area (Å²) in [6, 6.07) is 17.2. The summed E-state index contributed by atoms with van der Waals surface area (Å²) in [5.41, 5.74) is 1.87. The second-order valence-electron chi connectivity index (χ2n) is 9.08. The first-order valence-electron chi connectivity index (χ1n) is 12.6. The number of ether oxygens (including phenoxy) is 1. The highest BCUT2D eigenvalue weighted by molar-refractivity contribution is 7.92. The molecule has 208 valence electrons. The predicted molar refractivity (Wildman–Crippen MR) is 148 cm³/mol. The van der Waals surface area contributed by atoms with E-state index in [9.17, 15) is 22.4 Å². The number of methoxy groups -OCH3 is 1. The molecule has 0 fully saturated rings. The molecule has 8 nitrogen and oxygen atoms in total. The summed E-state index contributed by atoms with van der Waals surface area (Å²) >= 11 is 0. The van der Waals surface area contributed by atoms with Crippen molar-refractivity contribution in [2.45, 2.75) is 44.7 Å². The van der Waals surface area contributed by atoms with E-state index in [-0.39, 0.29) is 23.0 Å². The average molecular weight is 556 g/mol. The van der Waals surface area contributed by atoms with Crippen LogP contribution in [-0.4, -0.2) is 51.4 Å². The molecule has 0 aromatic heterocycles. The van der Waals surface area contributed by atoms with Gasteiger partial charge in [0.05, 0.1) is 17.7 Å². The summed E-state index contributed by atoms with van der Waals surface area (Å²) in [5.74, 6) is -1.01. The fraction of sp³-hybridized carbons (Fsp3) is 0.310. The fourth-order valence-electron chi connectivity index (χ4n) is 3.96. The topological polar surface area (TPSA) is 96.0 Å². The Morgan fingerprint density at radius 2 is 1.64 bits per heavy atom. The monoisotopic (exact) mass is 555 g/mol. The van der Waals surface area contributed by atoms with E-state index >= 15 is 0 Å². The van der Waals surface area contributed by atoms with E-state index in [4.69, 9.17) is 4.74 Å². The number of rotatable bonds is 12. The predicted octanol–water partition coefficient (Wildman–Crippen LogP) is 4.28. The molecular formula is C29H34FN3O5S. The van der Waals surface area contributed by atoms with E-state index in [1.54, 1.807) is 6.92 Å². The van der Waals surface area contributed by atoms with Gasteiger partial charge in [0.25, 0.3) is 10.0 Å².